The second kappa shape index (κ2) is 10.4. The molecule has 1 unspecified atom stereocenters. The third kappa shape index (κ3) is 5.18. The maximum absolute atomic E-state index is 12.8. The van der Waals surface area contributed by atoms with Gasteiger partial charge in [0.05, 0.1) is 18.4 Å². The number of alkyl halides is 2. The molecule has 0 saturated carbocycles. The summed E-state index contributed by atoms with van der Waals surface area (Å²) in [5.41, 5.74) is 1.24. The molecule has 0 amide bonds. The number of hydrogen-bond acceptors (Lipinski definition) is 9. The van der Waals surface area contributed by atoms with E-state index in [-0.39, 0.29) is 22.8 Å². The van der Waals surface area contributed by atoms with E-state index in [2.05, 4.69) is 25.3 Å². The van der Waals surface area contributed by atoms with Gasteiger partial charge in [-0.1, -0.05) is 12.1 Å². The normalized spacial score (nSPS) is 15.6. The molecule has 37 heavy (non-hydrogen) atoms. The van der Waals surface area contributed by atoms with Crippen LogP contribution in [0.25, 0.3) is 22.2 Å². The monoisotopic (exact) mass is 508 g/mol. The van der Waals surface area contributed by atoms with Crippen molar-refractivity contribution in [2.24, 2.45) is 0 Å². The number of aromatic nitrogens is 2. The van der Waals surface area contributed by atoms with Crippen molar-refractivity contribution in [3.63, 3.8) is 0 Å². The second-order valence-corrected chi connectivity index (χ2v) is 8.27. The van der Waals surface area contributed by atoms with Gasteiger partial charge in [0.25, 0.3) is 0 Å². The molecule has 5 rings (SSSR count). The summed E-state index contributed by atoms with van der Waals surface area (Å²) in [6, 6.07) is 13.0. The van der Waals surface area contributed by atoms with Gasteiger partial charge >= 0.3 is 12.2 Å². The Morgan fingerprint density at radius 3 is 2.81 bits per heavy atom. The van der Waals surface area contributed by atoms with Gasteiger partial charge in [-0.25, -0.2) is 14.8 Å². The summed E-state index contributed by atoms with van der Waals surface area (Å²) < 4.78 is 41.6. The fourth-order valence-corrected chi connectivity index (χ4v) is 4.30. The third-order valence-corrected chi connectivity index (χ3v) is 5.84. The van der Waals surface area contributed by atoms with Gasteiger partial charge in [0.1, 0.15) is 16.9 Å². The fraction of sp³-hybridized carbons (Fsp3) is 0.231. The zero-order chi connectivity index (χ0) is 25.9. The first-order chi connectivity index (χ1) is 17.9. The molecular weight excluding hydrogens is 486 g/mol. The average Bonchev–Trinajstić information content (AvgIpc) is 2.88. The van der Waals surface area contributed by atoms with Crippen molar-refractivity contribution in [3.05, 3.63) is 76.3 Å². The number of para-hydroxylation sites is 1. The van der Waals surface area contributed by atoms with E-state index in [1.54, 1.807) is 42.5 Å². The summed E-state index contributed by atoms with van der Waals surface area (Å²) in [6.07, 6.45) is 1.00. The van der Waals surface area contributed by atoms with Gasteiger partial charge in [0.15, 0.2) is 5.78 Å². The van der Waals surface area contributed by atoms with E-state index < -0.39 is 24.1 Å². The Kier molecular flexibility index (Phi) is 6.89. The molecule has 9 nitrogen and oxygen atoms in total. The van der Waals surface area contributed by atoms with Crippen LogP contribution in [-0.4, -0.2) is 42.1 Å². The smallest absolute Gasteiger partial charge is 0.387 e. The van der Waals surface area contributed by atoms with Gasteiger partial charge in [-0.15, -0.1) is 0 Å². The summed E-state index contributed by atoms with van der Waals surface area (Å²) in [5.74, 6) is -0.224. The van der Waals surface area contributed by atoms with E-state index >= 15 is 0 Å². The van der Waals surface area contributed by atoms with Crippen molar-refractivity contribution in [3.8, 4) is 17.0 Å². The summed E-state index contributed by atoms with van der Waals surface area (Å²) in [7, 11) is 0. The molecule has 1 saturated heterocycles. The molecule has 1 aliphatic rings. The quantitative estimate of drug-likeness (QED) is 0.276. The molecule has 2 aromatic carbocycles. The van der Waals surface area contributed by atoms with E-state index in [4.69, 9.17) is 9.15 Å². The Morgan fingerprint density at radius 1 is 1.22 bits per heavy atom. The highest BCUT2D eigenvalue weighted by atomic mass is 19.3. The van der Waals surface area contributed by atoms with Crippen molar-refractivity contribution < 1.29 is 27.5 Å². The number of Topliss-reactive ketones (excluding diaryl/α,β-unsaturated/α-hetero) is 1. The first-order valence-electron chi connectivity index (χ1n) is 11.5. The summed E-state index contributed by atoms with van der Waals surface area (Å²) >= 11 is 0. The highest BCUT2D eigenvalue weighted by Crippen LogP contribution is 2.33. The highest BCUT2D eigenvalue weighted by Gasteiger charge is 2.27. The number of nitrogens with one attached hydrogen (secondary N) is 2. The maximum atomic E-state index is 12.8. The number of benzene rings is 2. The molecule has 4 aromatic rings. The van der Waals surface area contributed by atoms with Crippen molar-refractivity contribution in [2.45, 2.75) is 19.6 Å². The van der Waals surface area contributed by atoms with Crippen LogP contribution < -0.4 is 21.0 Å². The number of carbonyl (C=O) groups is 1. The molecule has 1 fully saturated rings. The van der Waals surface area contributed by atoms with Crippen LogP contribution in [-0.2, 0) is 4.74 Å². The molecule has 2 aromatic heterocycles. The molecule has 0 bridgehead atoms. The average molecular weight is 508 g/mol. The van der Waals surface area contributed by atoms with Crippen molar-refractivity contribution >= 4 is 28.4 Å². The molecule has 1 atom stereocenters. The molecule has 2 N–H and O–H groups in total. The van der Waals surface area contributed by atoms with Crippen LogP contribution in [0.1, 0.15) is 28.9 Å². The van der Waals surface area contributed by atoms with Gasteiger partial charge in [0.2, 0.25) is 5.95 Å². The van der Waals surface area contributed by atoms with Crippen LogP contribution in [0.3, 0.4) is 0 Å². The van der Waals surface area contributed by atoms with Gasteiger partial charge < -0.3 is 24.5 Å². The van der Waals surface area contributed by atoms with E-state index in [0.717, 1.165) is 0 Å². The van der Waals surface area contributed by atoms with Crippen LogP contribution in [0.5, 0.6) is 5.75 Å². The van der Waals surface area contributed by atoms with Gasteiger partial charge in [-0.2, -0.15) is 8.78 Å². The molecule has 0 radical (unpaired) electrons. The number of fused-ring (bicyclic) bond motifs is 1. The lowest BCUT2D eigenvalue weighted by atomic mass is 9.96. The Hall–Kier alpha value is -4.22. The zero-order valence-corrected chi connectivity index (χ0v) is 19.7. The Labute approximate surface area is 209 Å². The number of carbonyl (C=O) groups excluding carboxylic acids is 1. The van der Waals surface area contributed by atoms with Crippen LogP contribution in [0.4, 0.5) is 20.4 Å². The lowest BCUT2D eigenvalue weighted by molar-refractivity contribution is -0.0494. The lowest BCUT2D eigenvalue weighted by Crippen LogP contribution is -2.35. The first kappa shape index (κ1) is 24.5. The Bertz CT molecular complexity index is 1520. The number of nitrogens with zero attached hydrogens (tertiary/aromatic N) is 2. The van der Waals surface area contributed by atoms with Crippen molar-refractivity contribution in [1.29, 1.82) is 0 Å². The number of ketones is 1. The minimum atomic E-state index is -2.98. The van der Waals surface area contributed by atoms with E-state index in [0.29, 0.717) is 47.6 Å². The molecule has 190 valence electrons. The maximum Gasteiger partial charge on any atom is 0.387 e. The molecule has 11 heteroatoms. The number of halogens is 2. The first-order valence-corrected chi connectivity index (χ1v) is 11.5. The lowest BCUT2D eigenvalue weighted by Gasteiger charge is -2.26. The summed E-state index contributed by atoms with van der Waals surface area (Å²) in [5, 5.41) is 6.83. The van der Waals surface area contributed by atoms with Crippen molar-refractivity contribution in [1.82, 2.24) is 15.3 Å². The van der Waals surface area contributed by atoms with Crippen LogP contribution in [0.15, 0.2) is 63.9 Å². The van der Waals surface area contributed by atoms with E-state index in [9.17, 15) is 18.4 Å². The van der Waals surface area contributed by atoms with Crippen LogP contribution in [0, 0.1) is 0 Å². The second-order valence-electron chi connectivity index (χ2n) is 8.27. The standard InChI is InChI=1S/C26H22F2N4O5/c1-14(33)22-23(21-13-29-10-11-35-21)17-7-6-15(12-20(17)36-24(22)34)31-26-30-9-8-18(32-26)16-4-2-3-5-19(16)37-25(27)28/h2-9,12,21,25,29H,10-11,13H2,1H3,(H,30,31,32). The number of morpholine rings is 1. The zero-order valence-electron chi connectivity index (χ0n) is 19.7. The summed E-state index contributed by atoms with van der Waals surface area (Å²) in [4.78, 5) is 33.7. The largest absolute Gasteiger partial charge is 0.434 e. The minimum Gasteiger partial charge on any atom is -0.434 e. The Morgan fingerprint density at radius 2 is 2.05 bits per heavy atom. The predicted octanol–water partition coefficient (Wildman–Crippen LogP) is 4.46. The Balaban J connectivity index is 1.50. The number of rotatable bonds is 7. The number of anilines is 2. The number of ether oxygens (including phenoxy) is 2. The molecular formula is C26H22F2N4O5. The highest BCUT2D eigenvalue weighted by molar-refractivity contribution is 6.00. The number of hydrogen-bond donors (Lipinski definition) is 2. The minimum absolute atomic E-state index is 0.0112. The molecule has 0 aliphatic carbocycles. The van der Waals surface area contributed by atoms with Gasteiger partial charge in [-0.05, 0) is 37.3 Å². The van der Waals surface area contributed by atoms with Crippen LogP contribution >= 0.6 is 0 Å². The summed E-state index contributed by atoms with van der Waals surface area (Å²) in [6.45, 7) is -0.0746. The molecule has 1 aliphatic heterocycles. The SMILES string of the molecule is CC(=O)c1c(C2CNCCO2)c2ccc(Nc3nccc(-c4ccccc4OC(F)F)n3)cc2oc1=O. The van der Waals surface area contributed by atoms with Crippen LogP contribution in [0.2, 0.25) is 0 Å². The van der Waals surface area contributed by atoms with Gasteiger partial charge in [-0.3, -0.25) is 4.79 Å². The predicted molar refractivity (Wildman–Crippen MR) is 131 cm³/mol. The van der Waals surface area contributed by atoms with E-state index in [1.165, 1.54) is 19.2 Å². The topological polar surface area (TPSA) is 116 Å². The molecule has 3 heterocycles. The van der Waals surface area contributed by atoms with Gasteiger partial charge in [0, 0.05) is 47.6 Å². The molecule has 0 spiro atoms. The fourth-order valence-electron chi connectivity index (χ4n) is 4.30. The van der Waals surface area contributed by atoms with Crippen molar-refractivity contribution in [2.75, 3.05) is 25.0 Å². The third-order valence-electron chi connectivity index (χ3n) is 5.84. The van der Waals surface area contributed by atoms with E-state index in [1.807, 2.05) is 0 Å².